The fourth-order valence-corrected chi connectivity index (χ4v) is 3.00. The van der Waals surface area contributed by atoms with Gasteiger partial charge in [0.1, 0.15) is 11.6 Å². The smallest absolute Gasteiger partial charge is 0.329 e. The normalized spacial score (nSPS) is 10.7. The fourth-order valence-electron chi connectivity index (χ4n) is 3.00. The quantitative estimate of drug-likeness (QED) is 0.625. The maximum atomic E-state index is 12.2. The Balaban J connectivity index is 1.53. The Labute approximate surface area is 167 Å². The highest BCUT2D eigenvalue weighted by atomic mass is 16.5. The third-order valence-corrected chi connectivity index (χ3v) is 4.62. The number of benzene rings is 1. The van der Waals surface area contributed by atoms with Gasteiger partial charge in [-0.05, 0) is 18.2 Å². The number of rotatable bonds is 7. The van der Waals surface area contributed by atoms with Gasteiger partial charge in [-0.15, -0.1) is 0 Å². The molecular formula is C20H23N5O4. The van der Waals surface area contributed by atoms with E-state index < -0.39 is 0 Å². The maximum Gasteiger partial charge on any atom is 0.329 e. The standard InChI is InChI=1S/C20H23N5O4/c1-24-14-8-9-16(23-19(14)25(2)20(24)28)22-18(27)11-10-17(26)21-12-13-6-4-5-7-15(13)29-3/h4-9H,10-12H2,1-3H3,(H,21,26)(H,22,23,27). The number of ether oxygens (including phenoxy) is 1. The number of imidazole rings is 1. The molecule has 29 heavy (non-hydrogen) atoms. The predicted octanol–water partition coefficient (Wildman–Crippen LogP) is 1.32. The van der Waals surface area contributed by atoms with Crippen LogP contribution < -0.4 is 21.1 Å². The van der Waals surface area contributed by atoms with E-state index in [0.29, 0.717) is 29.3 Å². The van der Waals surface area contributed by atoms with Crippen molar-refractivity contribution in [2.75, 3.05) is 12.4 Å². The summed E-state index contributed by atoms with van der Waals surface area (Å²) in [6, 6.07) is 10.8. The number of para-hydroxylation sites is 1. The minimum Gasteiger partial charge on any atom is -0.496 e. The number of carbonyl (C=O) groups excluding carboxylic acids is 2. The van der Waals surface area contributed by atoms with Crippen LogP contribution in [0.25, 0.3) is 11.2 Å². The number of methoxy groups -OCH3 is 1. The molecule has 0 aliphatic rings. The van der Waals surface area contributed by atoms with Gasteiger partial charge >= 0.3 is 5.69 Å². The minimum absolute atomic E-state index is 0.0190. The highest BCUT2D eigenvalue weighted by molar-refractivity contribution is 5.93. The van der Waals surface area contributed by atoms with Gasteiger partial charge in [-0.2, -0.15) is 0 Å². The van der Waals surface area contributed by atoms with Crippen LogP contribution in [0.1, 0.15) is 18.4 Å². The summed E-state index contributed by atoms with van der Waals surface area (Å²) in [5, 5.41) is 5.44. The van der Waals surface area contributed by atoms with Crippen LogP contribution >= 0.6 is 0 Å². The summed E-state index contributed by atoms with van der Waals surface area (Å²) >= 11 is 0. The Morgan fingerprint density at radius 1 is 1.03 bits per heavy atom. The molecule has 2 N–H and O–H groups in total. The molecule has 152 valence electrons. The average Bonchev–Trinajstić information content (AvgIpc) is 2.94. The van der Waals surface area contributed by atoms with Gasteiger partial charge in [-0.1, -0.05) is 18.2 Å². The van der Waals surface area contributed by atoms with Gasteiger partial charge in [0.15, 0.2) is 5.65 Å². The van der Waals surface area contributed by atoms with Gasteiger partial charge in [0.05, 0.1) is 12.6 Å². The molecule has 2 aromatic heterocycles. The lowest BCUT2D eigenvalue weighted by Crippen LogP contribution is -2.24. The lowest BCUT2D eigenvalue weighted by Gasteiger charge is -2.09. The maximum absolute atomic E-state index is 12.2. The Hall–Kier alpha value is -3.62. The van der Waals surface area contributed by atoms with Crippen LogP contribution in [0.3, 0.4) is 0 Å². The number of pyridine rings is 1. The van der Waals surface area contributed by atoms with E-state index in [1.807, 2.05) is 24.3 Å². The zero-order chi connectivity index (χ0) is 21.0. The van der Waals surface area contributed by atoms with Crippen molar-refractivity contribution < 1.29 is 14.3 Å². The van der Waals surface area contributed by atoms with E-state index in [9.17, 15) is 14.4 Å². The summed E-state index contributed by atoms with van der Waals surface area (Å²) in [7, 11) is 4.85. The van der Waals surface area contributed by atoms with E-state index in [2.05, 4.69) is 15.6 Å². The molecule has 0 saturated heterocycles. The van der Waals surface area contributed by atoms with E-state index in [-0.39, 0.29) is 30.3 Å². The number of fused-ring (bicyclic) bond motifs is 1. The lowest BCUT2D eigenvalue weighted by atomic mass is 10.2. The second-order valence-corrected chi connectivity index (χ2v) is 6.58. The summed E-state index contributed by atoms with van der Waals surface area (Å²) in [6.07, 6.45) is 0.0677. The van der Waals surface area contributed by atoms with Crippen molar-refractivity contribution in [3.8, 4) is 5.75 Å². The minimum atomic E-state index is -0.328. The largest absolute Gasteiger partial charge is 0.496 e. The highest BCUT2D eigenvalue weighted by Crippen LogP contribution is 2.17. The van der Waals surface area contributed by atoms with E-state index in [1.165, 1.54) is 9.13 Å². The van der Waals surface area contributed by atoms with Crippen molar-refractivity contribution >= 4 is 28.8 Å². The number of anilines is 1. The van der Waals surface area contributed by atoms with Crippen molar-refractivity contribution in [3.05, 3.63) is 52.4 Å². The Morgan fingerprint density at radius 2 is 1.76 bits per heavy atom. The van der Waals surface area contributed by atoms with Crippen LogP contribution in [0.5, 0.6) is 5.75 Å². The molecule has 2 heterocycles. The molecule has 0 bridgehead atoms. The molecule has 0 unspecified atom stereocenters. The van der Waals surface area contributed by atoms with Gasteiger partial charge in [0, 0.05) is 39.0 Å². The summed E-state index contributed by atoms with van der Waals surface area (Å²) in [5.41, 5.74) is 1.82. The molecule has 2 amide bonds. The SMILES string of the molecule is COc1ccccc1CNC(=O)CCC(=O)Nc1ccc2c(n1)n(C)c(=O)n2C. The predicted molar refractivity (Wildman–Crippen MR) is 109 cm³/mol. The monoisotopic (exact) mass is 397 g/mol. The molecule has 0 aliphatic carbocycles. The zero-order valence-electron chi connectivity index (χ0n) is 16.6. The van der Waals surface area contributed by atoms with Gasteiger partial charge in [-0.25, -0.2) is 9.78 Å². The van der Waals surface area contributed by atoms with Crippen LogP contribution in [0.2, 0.25) is 0 Å². The molecule has 0 saturated carbocycles. The third-order valence-electron chi connectivity index (χ3n) is 4.62. The molecule has 3 rings (SSSR count). The van der Waals surface area contributed by atoms with Crippen molar-refractivity contribution in [1.29, 1.82) is 0 Å². The topological polar surface area (TPSA) is 107 Å². The Bertz CT molecular complexity index is 1120. The lowest BCUT2D eigenvalue weighted by molar-refractivity contribution is -0.124. The summed E-state index contributed by atoms with van der Waals surface area (Å²) in [5.74, 6) is 0.464. The fraction of sp³-hybridized carbons (Fsp3) is 0.300. The van der Waals surface area contributed by atoms with Crippen LogP contribution in [-0.4, -0.2) is 33.0 Å². The number of carbonyl (C=O) groups is 2. The first-order chi connectivity index (χ1) is 13.9. The second-order valence-electron chi connectivity index (χ2n) is 6.58. The number of nitrogens with one attached hydrogen (secondary N) is 2. The second kappa shape index (κ2) is 8.59. The molecule has 0 radical (unpaired) electrons. The van der Waals surface area contributed by atoms with Crippen molar-refractivity contribution in [1.82, 2.24) is 19.4 Å². The molecule has 9 nitrogen and oxygen atoms in total. The van der Waals surface area contributed by atoms with Crippen molar-refractivity contribution in [2.45, 2.75) is 19.4 Å². The molecule has 0 spiro atoms. The van der Waals surface area contributed by atoms with E-state index in [1.54, 1.807) is 33.3 Å². The number of aromatic nitrogens is 3. The van der Waals surface area contributed by atoms with Gasteiger partial charge in [0.2, 0.25) is 11.8 Å². The molecule has 0 atom stereocenters. The summed E-state index contributed by atoms with van der Waals surface area (Å²) in [6.45, 7) is 0.324. The van der Waals surface area contributed by atoms with Crippen LogP contribution in [0.15, 0.2) is 41.2 Å². The number of amides is 2. The number of nitrogens with zero attached hydrogens (tertiary/aromatic N) is 3. The van der Waals surface area contributed by atoms with E-state index in [4.69, 9.17) is 4.74 Å². The first kappa shape index (κ1) is 20.1. The highest BCUT2D eigenvalue weighted by Gasteiger charge is 2.12. The Kier molecular flexibility index (Phi) is 5.96. The first-order valence-corrected chi connectivity index (χ1v) is 9.11. The molecule has 0 fully saturated rings. The van der Waals surface area contributed by atoms with Crippen molar-refractivity contribution in [2.24, 2.45) is 14.1 Å². The van der Waals surface area contributed by atoms with Crippen LogP contribution in [0.4, 0.5) is 5.82 Å². The Morgan fingerprint density at radius 3 is 2.52 bits per heavy atom. The molecule has 3 aromatic rings. The zero-order valence-corrected chi connectivity index (χ0v) is 16.6. The molecule has 9 heteroatoms. The summed E-state index contributed by atoms with van der Waals surface area (Å²) < 4.78 is 8.14. The molecule has 1 aromatic carbocycles. The van der Waals surface area contributed by atoms with Gasteiger partial charge < -0.3 is 15.4 Å². The number of aryl methyl sites for hydroxylation is 2. The van der Waals surface area contributed by atoms with E-state index in [0.717, 1.165) is 5.56 Å². The number of hydrogen-bond acceptors (Lipinski definition) is 5. The van der Waals surface area contributed by atoms with Crippen LogP contribution in [-0.2, 0) is 30.2 Å². The van der Waals surface area contributed by atoms with Crippen LogP contribution in [0, 0.1) is 0 Å². The van der Waals surface area contributed by atoms with E-state index >= 15 is 0 Å². The number of hydrogen-bond donors (Lipinski definition) is 2. The summed E-state index contributed by atoms with van der Waals surface area (Å²) in [4.78, 5) is 40.5. The molecular weight excluding hydrogens is 374 g/mol. The molecule has 0 aliphatic heterocycles. The van der Waals surface area contributed by atoms with Crippen molar-refractivity contribution in [3.63, 3.8) is 0 Å². The average molecular weight is 397 g/mol. The third kappa shape index (κ3) is 4.45. The van der Waals surface area contributed by atoms with Gasteiger partial charge in [0.25, 0.3) is 0 Å². The first-order valence-electron chi connectivity index (χ1n) is 9.11. The van der Waals surface area contributed by atoms with Gasteiger partial charge in [-0.3, -0.25) is 18.7 Å².